The first kappa shape index (κ1) is 18.5. The largest absolute Gasteiger partial charge is 0.416 e. The fourth-order valence-electron chi connectivity index (χ4n) is 2.85. The Kier molecular flexibility index (Phi) is 5.04. The van der Waals surface area contributed by atoms with Crippen molar-refractivity contribution in [2.24, 2.45) is 0 Å². The molecular formula is C20H15F3N4S. The molecule has 0 bridgehead atoms. The highest BCUT2D eigenvalue weighted by Crippen LogP contribution is 2.32. The Labute approximate surface area is 163 Å². The van der Waals surface area contributed by atoms with Gasteiger partial charge in [-0.1, -0.05) is 36.0 Å². The van der Waals surface area contributed by atoms with Crippen molar-refractivity contribution in [1.29, 1.82) is 0 Å². The number of benzene rings is 1. The second-order valence-electron chi connectivity index (χ2n) is 6.15. The van der Waals surface area contributed by atoms with Crippen LogP contribution in [0.5, 0.6) is 0 Å². The van der Waals surface area contributed by atoms with Gasteiger partial charge in [-0.3, -0.25) is 9.97 Å². The van der Waals surface area contributed by atoms with Gasteiger partial charge in [0.2, 0.25) is 0 Å². The molecule has 0 fully saturated rings. The second-order valence-corrected chi connectivity index (χ2v) is 7.10. The van der Waals surface area contributed by atoms with E-state index in [0.29, 0.717) is 23.0 Å². The molecule has 3 aromatic heterocycles. The van der Waals surface area contributed by atoms with Crippen LogP contribution >= 0.6 is 11.8 Å². The molecule has 8 heteroatoms. The fourth-order valence-corrected chi connectivity index (χ4v) is 3.81. The summed E-state index contributed by atoms with van der Waals surface area (Å²) in [7, 11) is 0. The predicted octanol–water partition coefficient (Wildman–Crippen LogP) is 5.19. The molecule has 28 heavy (non-hydrogen) atoms. The highest BCUT2D eigenvalue weighted by Gasteiger charge is 2.30. The Morgan fingerprint density at radius 2 is 1.89 bits per heavy atom. The molecule has 0 aliphatic carbocycles. The smallest absolute Gasteiger partial charge is 0.312 e. The molecule has 1 aromatic carbocycles. The lowest BCUT2D eigenvalue weighted by atomic mass is 10.1. The molecule has 4 nitrogen and oxygen atoms in total. The maximum atomic E-state index is 12.9. The number of hydrogen-bond acceptors (Lipinski definition) is 4. The summed E-state index contributed by atoms with van der Waals surface area (Å²) in [6, 6.07) is 12.9. The zero-order chi connectivity index (χ0) is 19.6. The molecule has 4 rings (SSSR count). The van der Waals surface area contributed by atoms with Crippen molar-refractivity contribution < 1.29 is 13.2 Å². The van der Waals surface area contributed by atoms with Crippen LogP contribution in [0.15, 0.2) is 72.3 Å². The lowest BCUT2D eigenvalue weighted by molar-refractivity contribution is -0.137. The summed E-state index contributed by atoms with van der Waals surface area (Å²) in [5.74, 6) is 0.378. The molecule has 0 radical (unpaired) electrons. The standard InChI is InChI=1S/C20H15F3N4S/c21-20(22,23)15-5-3-4-14(10-15)13-28-19-26-17-7-9-24-11-18(17)27(19)12-16-6-1-2-8-25-16/h1-11H,12-13H2. The lowest BCUT2D eigenvalue weighted by Crippen LogP contribution is -2.05. The first-order valence-corrected chi connectivity index (χ1v) is 9.48. The van der Waals surface area contributed by atoms with Crippen molar-refractivity contribution in [3.63, 3.8) is 0 Å². The maximum Gasteiger partial charge on any atom is 0.416 e. The van der Waals surface area contributed by atoms with E-state index in [-0.39, 0.29) is 0 Å². The van der Waals surface area contributed by atoms with Gasteiger partial charge in [0.05, 0.1) is 35.0 Å². The number of pyridine rings is 2. The van der Waals surface area contributed by atoms with Gasteiger partial charge in [0.25, 0.3) is 0 Å². The highest BCUT2D eigenvalue weighted by molar-refractivity contribution is 7.98. The van der Waals surface area contributed by atoms with Crippen LogP contribution in [-0.4, -0.2) is 19.5 Å². The van der Waals surface area contributed by atoms with Crippen LogP contribution in [0.3, 0.4) is 0 Å². The number of thioether (sulfide) groups is 1. The summed E-state index contributed by atoms with van der Waals surface area (Å²) in [5.41, 5.74) is 2.47. The number of imidazole rings is 1. The van der Waals surface area contributed by atoms with Crippen LogP contribution in [-0.2, 0) is 18.5 Å². The lowest BCUT2D eigenvalue weighted by Gasteiger charge is -2.10. The van der Waals surface area contributed by atoms with Gasteiger partial charge in [-0.25, -0.2) is 4.98 Å². The maximum absolute atomic E-state index is 12.9. The van der Waals surface area contributed by atoms with Crippen molar-refractivity contribution in [2.75, 3.05) is 0 Å². The van der Waals surface area contributed by atoms with Gasteiger partial charge in [-0.2, -0.15) is 13.2 Å². The number of nitrogens with zero attached hydrogens (tertiary/aromatic N) is 4. The average Bonchev–Trinajstić information content (AvgIpc) is 3.04. The van der Waals surface area contributed by atoms with Crippen molar-refractivity contribution in [1.82, 2.24) is 19.5 Å². The van der Waals surface area contributed by atoms with E-state index in [1.54, 1.807) is 24.7 Å². The highest BCUT2D eigenvalue weighted by atomic mass is 32.2. The SMILES string of the molecule is FC(F)(F)c1cccc(CSc2nc3ccncc3n2Cc2ccccn2)c1. The van der Waals surface area contributed by atoms with Gasteiger partial charge in [-0.05, 0) is 29.8 Å². The predicted molar refractivity (Wildman–Crippen MR) is 102 cm³/mol. The Morgan fingerprint density at radius 3 is 2.68 bits per heavy atom. The molecule has 0 aliphatic rings. The number of halogens is 3. The van der Waals surface area contributed by atoms with E-state index < -0.39 is 11.7 Å². The van der Waals surface area contributed by atoms with Crippen LogP contribution in [0.25, 0.3) is 11.0 Å². The quantitative estimate of drug-likeness (QED) is 0.433. The minimum atomic E-state index is -4.35. The molecule has 142 valence electrons. The molecule has 0 spiro atoms. The van der Waals surface area contributed by atoms with Crippen LogP contribution in [0.2, 0.25) is 0 Å². The van der Waals surface area contributed by atoms with Crippen LogP contribution in [0, 0.1) is 0 Å². The fraction of sp³-hybridized carbons (Fsp3) is 0.150. The van der Waals surface area contributed by atoms with E-state index in [0.717, 1.165) is 22.8 Å². The van der Waals surface area contributed by atoms with Crippen molar-refractivity contribution in [2.45, 2.75) is 23.6 Å². The molecule has 0 unspecified atom stereocenters. The minimum Gasteiger partial charge on any atom is -0.312 e. The van der Waals surface area contributed by atoms with Gasteiger partial charge >= 0.3 is 6.18 Å². The van der Waals surface area contributed by atoms with E-state index in [1.807, 2.05) is 28.8 Å². The van der Waals surface area contributed by atoms with E-state index >= 15 is 0 Å². The Balaban J connectivity index is 1.63. The molecule has 0 aliphatic heterocycles. The Morgan fingerprint density at radius 1 is 1.00 bits per heavy atom. The normalized spacial score (nSPS) is 11.8. The van der Waals surface area contributed by atoms with Crippen LogP contribution in [0.1, 0.15) is 16.8 Å². The number of aromatic nitrogens is 4. The summed E-state index contributed by atoms with van der Waals surface area (Å²) < 4.78 is 40.8. The zero-order valence-electron chi connectivity index (χ0n) is 14.6. The molecule has 3 heterocycles. The minimum absolute atomic E-state index is 0.378. The summed E-state index contributed by atoms with van der Waals surface area (Å²) in [5, 5.41) is 0.714. The van der Waals surface area contributed by atoms with Gasteiger partial charge in [0.1, 0.15) is 0 Å². The zero-order valence-corrected chi connectivity index (χ0v) is 15.4. The third-order valence-corrected chi connectivity index (χ3v) is 5.23. The van der Waals surface area contributed by atoms with Crippen LogP contribution < -0.4 is 0 Å². The van der Waals surface area contributed by atoms with Crippen molar-refractivity contribution >= 4 is 22.8 Å². The molecular weight excluding hydrogens is 385 g/mol. The monoisotopic (exact) mass is 400 g/mol. The van der Waals surface area contributed by atoms with E-state index in [1.165, 1.54) is 23.9 Å². The Bertz CT molecular complexity index is 1090. The molecule has 0 saturated carbocycles. The van der Waals surface area contributed by atoms with Gasteiger partial charge < -0.3 is 4.57 Å². The first-order valence-electron chi connectivity index (χ1n) is 8.50. The van der Waals surface area contributed by atoms with Gasteiger partial charge in [0, 0.05) is 18.1 Å². The summed E-state index contributed by atoms with van der Waals surface area (Å²) in [4.78, 5) is 13.2. The second kappa shape index (κ2) is 7.63. The summed E-state index contributed by atoms with van der Waals surface area (Å²) in [6.07, 6.45) is 0.780. The third-order valence-electron chi connectivity index (χ3n) is 4.18. The summed E-state index contributed by atoms with van der Waals surface area (Å²) in [6.45, 7) is 0.508. The van der Waals surface area contributed by atoms with E-state index in [2.05, 4.69) is 15.0 Å². The average molecular weight is 400 g/mol. The van der Waals surface area contributed by atoms with Crippen LogP contribution in [0.4, 0.5) is 13.2 Å². The van der Waals surface area contributed by atoms with Gasteiger partial charge in [0.15, 0.2) is 5.16 Å². The van der Waals surface area contributed by atoms with Gasteiger partial charge in [-0.15, -0.1) is 0 Å². The first-order chi connectivity index (χ1) is 13.5. The molecule has 0 amide bonds. The molecule has 0 N–H and O–H groups in total. The Hall–Kier alpha value is -2.87. The third kappa shape index (κ3) is 4.01. The molecule has 0 saturated heterocycles. The molecule has 4 aromatic rings. The number of rotatable bonds is 5. The number of hydrogen-bond donors (Lipinski definition) is 0. The number of alkyl halides is 3. The molecule has 0 atom stereocenters. The van der Waals surface area contributed by atoms with E-state index in [4.69, 9.17) is 0 Å². The van der Waals surface area contributed by atoms with Crippen molar-refractivity contribution in [3.05, 3.63) is 83.9 Å². The van der Waals surface area contributed by atoms with Crippen molar-refractivity contribution in [3.8, 4) is 0 Å². The summed E-state index contributed by atoms with van der Waals surface area (Å²) >= 11 is 1.39. The topological polar surface area (TPSA) is 43.6 Å². The number of fused-ring (bicyclic) bond motifs is 1. The van der Waals surface area contributed by atoms with E-state index in [9.17, 15) is 13.2 Å².